The Morgan fingerprint density at radius 2 is 2.24 bits per heavy atom. The summed E-state index contributed by atoms with van der Waals surface area (Å²) in [4.78, 5) is 14.0. The predicted octanol–water partition coefficient (Wildman–Crippen LogP) is 0.607. The number of hydrogen-bond acceptors (Lipinski definition) is 3. The SMILES string of the molecule is O=C(CCC1CCNC1)N1CCCC(CO)C1. The number of carbonyl (C=O) groups is 1. The summed E-state index contributed by atoms with van der Waals surface area (Å²) in [6.07, 6.45) is 5.03. The number of nitrogens with zero attached hydrogens (tertiary/aromatic N) is 1. The monoisotopic (exact) mass is 240 g/mol. The van der Waals surface area contributed by atoms with E-state index in [1.54, 1.807) is 0 Å². The number of rotatable bonds is 4. The highest BCUT2D eigenvalue weighted by Crippen LogP contribution is 2.19. The molecule has 1 amide bonds. The Balaban J connectivity index is 1.71. The van der Waals surface area contributed by atoms with Crippen molar-refractivity contribution in [2.45, 2.75) is 32.1 Å². The summed E-state index contributed by atoms with van der Waals surface area (Å²) >= 11 is 0. The lowest BCUT2D eigenvalue weighted by molar-refractivity contribution is -0.133. The minimum absolute atomic E-state index is 0.219. The van der Waals surface area contributed by atoms with Gasteiger partial charge < -0.3 is 15.3 Å². The molecule has 98 valence electrons. The van der Waals surface area contributed by atoms with E-state index in [4.69, 9.17) is 5.11 Å². The van der Waals surface area contributed by atoms with Crippen molar-refractivity contribution < 1.29 is 9.90 Å². The van der Waals surface area contributed by atoms with Crippen molar-refractivity contribution in [1.82, 2.24) is 10.2 Å². The summed E-state index contributed by atoms with van der Waals surface area (Å²) in [5.41, 5.74) is 0. The fraction of sp³-hybridized carbons (Fsp3) is 0.923. The molecule has 0 aromatic carbocycles. The first-order chi connectivity index (χ1) is 8.29. The summed E-state index contributed by atoms with van der Waals surface area (Å²) in [7, 11) is 0. The van der Waals surface area contributed by atoms with Crippen molar-refractivity contribution in [3.63, 3.8) is 0 Å². The molecule has 2 rings (SSSR count). The standard InChI is InChI=1S/C13H24N2O2/c16-10-12-2-1-7-15(9-12)13(17)4-3-11-5-6-14-8-11/h11-12,14,16H,1-10H2. The number of amides is 1. The van der Waals surface area contributed by atoms with Crippen LogP contribution in [0.15, 0.2) is 0 Å². The van der Waals surface area contributed by atoms with Crippen LogP contribution in [0, 0.1) is 11.8 Å². The van der Waals surface area contributed by atoms with Gasteiger partial charge in [0.15, 0.2) is 0 Å². The Morgan fingerprint density at radius 1 is 1.35 bits per heavy atom. The van der Waals surface area contributed by atoms with Gasteiger partial charge in [0.1, 0.15) is 0 Å². The second-order valence-electron chi connectivity index (χ2n) is 5.43. The fourth-order valence-electron chi connectivity index (χ4n) is 2.89. The number of aliphatic hydroxyl groups is 1. The Bertz CT molecular complexity index is 252. The lowest BCUT2D eigenvalue weighted by atomic mass is 9.97. The average molecular weight is 240 g/mol. The lowest BCUT2D eigenvalue weighted by Crippen LogP contribution is -2.41. The molecule has 2 aliphatic rings. The van der Waals surface area contributed by atoms with Crippen molar-refractivity contribution in [2.75, 3.05) is 32.8 Å². The molecular formula is C13H24N2O2. The molecule has 2 aliphatic heterocycles. The highest BCUT2D eigenvalue weighted by atomic mass is 16.3. The minimum Gasteiger partial charge on any atom is -0.396 e. The van der Waals surface area contributed by atoms with Crippen LogP contribution in [0.5, 0.6) is 0 Å². The highest BCUT2D eigenvalue weighted by molar-refractivity contribution is 5.76. The van der Waals surface area contributed by atoms with E-state index in [0.717, 1.165) is 45.4 Å². The number of hydrogen-bond donors (Lipinski definition) is 2. The van der Waals surface area contributed by atoms with E-state index < -0.39 is 0 Å². The van der Waals surface area contributed by atoms with Crippen molar-refractivity contribution >= 4 is 5.91 Å². The number of nitrogens with one attached hydrogen (secondary N) is 1. The van der Waals surface area contributed by atoms with Gasteiger partial charge in [-0.3, -0.25) is 4.79 Å². The van der Waals surface area contributed by atoms with Crippen LogP contribution in [0.2, 0.25) is 0 Å². The molecule has 2 fully saturated rings. The Hall–Kier alpha value is -0.610. The third kappa shape index (κ3) is 3.68. The van der Waals surface area contributed by atoms with Gasteiger partial charge >= 0.3 is 0 Å². The van der Waals surface area contributed by atoms with Crippen molar-refractivity contribution in [2.24, 2.45) is 11.8 Å². The summed E-state index contributed by atoms with van der Waals surface area (Å²) in [5.74, 6) is 1.29. The first kappa shape index (κ1) is 12.8. The van der Waals surface area contributed by atoms with Crippen molar-refractivity contribution in [3.05, 3.63) is 0 Å². The molecule has 0 spiro atoms. The lowest BCUT2D eigenvalue weighted by Gasteiger charge is -2.32. The number of likely N-dealkylation sites (tertiary alicyclic amines) is 1. The smallest absolute Gasteiger partial charge is 0.222 e. The van der Waals surface area contributed by atoms with Crippen LogP contribution in [0.3, 0.4) is 0 Å². The van der Waals surface area contributed by atoms with Gasteiger partial charge in [0.2, 0.25) is 5.91 Å². The second kappa shape index (κ2) is 6.36. The van der Waals surface area contributed by atoms with Gasteiger partial charge in [0, 0.05) is 26.1 Å². The molecule has 2 unspecified atom stereocenters. The summed E-state index contributed by atoms with van der Waals surface area (Å²) < 4.78 is 0. The molecule has 4 nitrogen and oxygen atoms in total. The molecule has 0 radical (unpaired) electrons. The Morgan fingerprint density at radius 3 is 2.94 bits per heavy atom. The zero-order valence-corrected chi connectivity index (χ0v) is 10.5. The zero-order chi connectivity index (χ0) is 12.1. The maximum absolute atomic E-state index is 12.0. The third-order valence-electron chi connectivity index (χ3n) is 4.06. The van der Waals surface area contributed by atoms with E-state index in [0.29, 0.717) is 18.3 Å². The highest BCUT2D eigenvalue weighted by Gasteiger charge is 2.24. The summed E-state index contributed by atoms with van der Waals surface area (Å²) in [5, 5.41) is 12.5. The second-order valence-corrected chi connectivity index (χ2v) is 5.43. The molecule has 2 N–H and O–H groups in total. The van der Waals surface area contributed by atoms with E-state index in [9.17, 15) is 4.79 Å². The van der Waals surface area contributed by atoms with Crippen LogP contribution in [-0.2, 0) is 4.79 Å². The summed E-state index contributed by atoms with van der Waals surface area (Å²) in [6.45, 7) is 4.05. The van der Waals surface area contributed by atoms with E-state index >= 15 is 0 Å². The van der Waals surface area contributed by atoms with Crippen LogP contribution >= 0.6 is 0 Å². The largest absolute Gasteiger partial charge is 0.396 e. The number of aliphatic hydroxyl groups excluding tert-OH is 1. The molecular weight excluding hydrogens is 216 g/mol. The van der Waals surface area contributed by atoms with Gasteiger partial charge in [0.05, 0.1) is 0 Å². The third-order valence-corrected chi connectivity index (χ3v) is 4.06. The molecule has 0 saturated carbocycles. The van der Waals surface area contributed by atoms with Gasteiger partial charge in [0.25, 0.3) is 0 Å². The van der Waals surface area contributed by atoms with Gasteiger partial charge in [-0.05, 0) is 50.6 Å². The van der Waals surface area contributed by atoms with Crippen molar-refractivity contribution in [1.29, 1.82) is 0 Å². The minimum atomic E-state index is 0.219. The predicted molar refractivity (Wildman–Crippen MR) is 66.6 cm³/mol. The first-order valence-corrected chi connectivity index (χ1v) is 6.89. The van der Waals surface area contributed by atoms with Crippen LogP contribution in [0.1, 0.15) is 32.1 Å². The summed E-state index contributed by atoms with van der Waals surface area (Å²) in [6, 6.07) is 0. The van der Waals surface area contributed by atoms with E-state index in [1.165, 1.54) is 6.42 Å². The maximum atomic E-state index is 12.0. The number of piperidine rings is 1. The topological polar surface area (TPSA) is 52.6 Å². The molecule has 0 bridgehead atoms. The normalized spacial score (nSPS) is 29.6. The Kier molecular flexibility index (Phi) is 4.80. The van der Waals surface area contributed by atoms with Crippen LogP contribution in [0.25, 0.3) is 0 Å². The Labute approximate surface area is 103 Å². The maximum Gasteiger partial charge on any atom is 0.222 e. The molecule has 0 aliphatic carbocycles. The first-order valence-electron chi connectivity index (χ1n) is 6.89. The molecule has 2 heterocycles. The molecule has 2 saturated heterocycles. The zero-order valence-electron chi connectivity index (χ0n) is 10.5. The average Bonchev–Trinajstić information content (AvgIpc) is 2.89. The molecule has 0 aromatic rings. The quantitative estimate of drug-likeness (QED) is 0.757. The van der Waals surface area contributed by atoms with E-state index in [1.807, 2.05) is 4.90 Å². The van der Waals surface area contributed by atoms with Crippen LogP contribution in [-0.4, -0.2) is 48.7 Å². The molecule has 17 heavy (non-hydrogen) atoms. The fourth-order valence-corrected chi connectivity index (χ4v) is 2.89. The van der Waals surface area contributed by atoms with Crippen molar-refractivity contribution in [3.8, 4) is 0 Å². The van der Waals surface area contributed by atoms with Gasteiger partial charge in [-0.25, -0.2) is 0 Å². The van der Waals surface area contributed by atoms with E-state index in [2.05, 4.69) is 5.32 Å². The number of carbonyl (C=O) groups excluding carboxylic acids is 1. The van der Waals surface area contributed by atoms with E-state index in [-0.39, 0.29) is 12.5 Å². The van der Waals surface area contributed by atoms with Gasteiger partial charge in [-0.15, -0.1) is 0 Å². The molecule has 2 atom stereocenters. The van der Waals surface area contributed by atoms with Crippen LogP contribution in [0.4, 0.5) is 0 Å². The van der Waals surface area contributed by atoms with Gasteiger partial charge in [-0.1, -0.05) is 0 Å². The molecule has 0 aromatic heterocycles. The molecule has 4 heteroatoms. The van der Waals surface area contributed by atoms with Gasteiger partial charge in [-0.2, -0.15) is 0 Å². The van der Waals surface area contributed by atoms with Crippen LogP contribution < -0.4 is 5.32 Å².